The van der Waals surface area contributed by atoms with Crippen molar-refractivity contribution in [1.29, 1.82) is 0 Å². The highest BCUT2D eigenvalue weighted by molar-refractivity contribution is 6.30. The molecule has 5 nitrogen and oxygen atoms in total. The van der Waals surface area contributed by atoms with E-state index in [2.05, 4.69) is 37.0 Å². The Bertz CT molecular complexity index is 1200. The first-order valence-electron chi connectivity index (χ1n) is 11.6. The molecule has 2 atom stereocenters. The van der Waals surface area contributed by atoms with Crippen LogP contribution in [0, 0.1) is 5.92 Å². The summed E-state index contributed by atoms with van der Waals surface area (Å²) < 4.78 is 5.90. The lowest BCUT2D eigenvalue weighted by molar-refractivity contribution is -0.118. The van der Waals surface area contributed by atoms with Gasteiger partial charge < -0.3 is 4.74 Å². The Kier molecular flexibility index (Phi) is 6.99. The first kappa shape index (κ1) is 23.2. The Balaban J connectivity index is 1.69. The molecule has 4 rings (SSSR count). The van der Waals surface area contributed by atoms with Crippen molar-refractivity contribution in [2.24, 2.45) is 5.92 Å². The van der Waals surface area contributed by atoms with Gasteiger partial charge in [0.2, 0.25) is 0 Å². The summed E-state index contributed by atoms with van der Waals surface area (Å²) in [5.41, 5.74) is 6.66. The van der Waals surface area contributed by atoms with Crippen LogP contribution >= 0.6 is 11.6 Å². The van der Waals surface area contributed by atoms with Crippen LogP contribution in [0.5, 0.6) is 5.75 Å². The van der Waals surface area contributed by atoms with Crippen LogP contribution in [0.4, 0.5) is 0 Å². The molecule has 1 unspecified atom stereocenters. The summed E-state index contributed by atoms with van der Waals surface area (Å²) in [5, 5.41) is 7.91. The van der Waals surface area contributed by atoms with Crippen molar-refractivity contribution in [2.75, 3.05) is 6.61 Å². The molecule has 2 aromatic heterocycles. The number of ketones is 1. The highest BCUT2D eigenvalue weighted by Gasteiger charge is 2.30. The summed E-state index contributed by atoms with van der Waals surface area (Å²) in [6.07, 6.45) is 8.02. The van der Waals surface area contributed by atoms with E-state index >= 15 is 0 Å². The highest BCUT2D eigenvalue weighted by Crippen LogP contribution is 2.36. The van der Waals surface area contributed by atoms with Crippen LogP contribution in [0.15, 0.2) is 42.7 Å². The molecule has 1 aromatic carbocycles. The number of hydrogen-bond donors (Lipinski definition) is 1. The van der Waals surface area contributed by atoms with Gasteiger partial charge in [0.15, 0.2) is 5.78 Å². The van der Waals surface area contributed by atoms with Crippen molar-refractivity contribution >= 4 is 23.0 Å². The van der Waals surface area contributed by atoms with E-state index in [1.807, 2.05) is 43.6 Å². The standard InChI is InChI=1S/C27H30ClN3O2/c1-5-16(4)21-12-25(23-14-30-31-24(23)7-3)29-13-22(21)20(6-2)27(32)18-10-17-11-19(28)8-9-26(17)33-15-18/h6,8-9,11-14,16,18H,5,7,10,15H2,1-4H3,(H,30,31)/b20-6+/t16?,18-/m0/s1. The third-order valence-electron chi connectivity index (χ3n) is 6.57. The van der Waals surface area contributed by atoms with E-state index in [4.69, 9.17) is 21.3 Å². The number of aromatic nitrogens is 3. The number of benzene rings is 1. The Morgan fingerprint density at radius 3 is 2.85 bits per heavy atom. The van der Waals surface area contributed by atoms with Gasteiger partial charge in [-0.15, -0.1) is 0 Å². The molecule has 0 spiro atoms. The molecule has 0 amide bonds. The number of fused-ring (bicyclic) bond motifs is 1. The van der Waals surface area contributed by atoms with Crippen LogP contribution in [-0.4, -0.2) is 27.6 Å². The number of halogens is 1. The number of Topliss-reactive ketones (excluding diaryl/α,β-unsaturated/α-hetero) is 1. The van der Waals surface area contributed by atoms with E-state index in [1.165, 1.54) is 0 Å². The second kappa shape index (κ2) is 9.92. The lowest BCUT2D eigenvalue weighted by Crippen LogP contribution is -2.29. The average Bonchev–Trinajstić information content (AvgIpc) is 3.32. The van der Waals surface area contributed by atoms with Crippen molar-refractivity contribution in [2.45, 2.75) is 52.9 Å². The molecular formula is C27H30ClN3O2. The lowest BCUT2D eigenvalue weighted by Gasteiger charge is -2.26. The normalized spacial score (nSPS) is 16.8. The van der Waals surface area contributed by atoms with Gasteiger partial charge in [0.05, 0.1) is 24.4 Å². The largest absolute Gasteiger partial charge is 0.493 e. The maximum atomic E-state index is 13.7. The molecule has 1 N–H and O–H groups in total. The number of carbonyl (C=O) groups is 1. The van der Waals surface area contributed by atoms with E-state index in [1.54, 1.807) is 0 Å². The van der Waals surface area contributed by atoms with E-state index in [9.17, 15) is 4.79 Å². The summed E-state index contributed by atoms with van der Waals surface area (Å²) in [6, 6.07) is 7.70. The molecule has 3 heterocycles. The predicted molar refractivity (Wildman–Crippen MR) is 133 cm³/mol. The van der Waals surface area contributed by atoms with Crippen LogP contribution in [0.25, 0.3) is 16.8 Å². The van der Waals surface area contributed by atoms with E-state index in [0.29, 0.717) is 23.6 Å². The van der Waals surface area contributed by atoms with Gasteiger partial charge in [0.1, 0.15) is 5.75 Å². The number of nitrogens with one attached hydrogen (secondary N) is 1. The van der Waals surface area contributed by atoms with Crippen LogP contribution in [-0.2, 0) is 17.6 Å². The number of aryl methyl sites for hydroxylation is 1. The minimum absolute atomic E-state index is 0.0831. The Morgan fingerprint density at radius 2 is 2.12 bits per heavy atom. The highest BCUT2D eigenvalue weighted by atomic mass is 35.5. The minimum Gasteiger partial charge on any atom is -0.493 e. The molecule has 0 saturated carbocycles. The number of ether oxygens (including phenoxy) is 1. The number of nitrogens with zero attached hydrogens (tertiary/aromatic N) is 2. The molecule has 3 aromatic rings. The predicted octanol–water partition coefficient (Wildman–Crippen LogP) is 6.42. The fourth-order valence-electron chi connectivity index (χ4n) is 4.46. The lowest BCUT2D eigenvalue weighted by atomic mass is 9.83. The van der Waals surface area contributed by atoms with E-state index in [-0.39, 0.29) is 17.6 Å². The van der Waals surface area contributed by atoms with Gasteiger partial charge in [-0.1, -0.05) is 38.4 Å². The Morgan fingerprint density at radius 1 is 1.30 bits per heavy atom. The van der Waals surface area contributed by atoms with Crippen LogP contribution < -0.4 is 4.74 Å². The molecule has 172 valence electrons. The van der Waals surface area contributed by atoms with Crippen LogP contribution in [0.3, 0.4) is 0 Å². The average molecular weight is 464 g/mol. The van der Waals surface area contributed by atoms with Gasteiger partial charge in [0.25, 0.3) is 0 Å². The fourth-order valence-corrected chi connectivity index (χ4v) is 4.65. The van der Waals surface area contributed by atoms with Crippen molar-refractivity contribution in [3.63, 3.8) is 0 Å². The van der Waals surface area contributed by atoms with E-state index in [0.717, 1.165) is 52.2 Å². The number of carbonyl (C=O) groups excluding carboxylic acids is 1. The summed E-state index contributed by atoms with van der Waals surface area (Å²) in [5.74, 6) is 0.916. The van der Waals surface area contributed by atoms with Gasteiger partial charge in [-0.25, -0.2) is 0 Å². The van der Waals surface area contributed by atoms with Crippen molar-refractivity contribution in [3.8, 4) is 17.0 Å². The molecule has 0 aliphatic carbocycles. The SMILES string of the molecule is C/C=C(/C(=O)[C@@H]1COc2ccc(Cl)cc2C1)c1cnc(-c2cn[nH]c2CC)cc1C(C)CC. The Hall–Kier alpha value is -2.92. The second-order valence-corrected chi connectivity index (χ2v) is 9.05. The maximum Gasteiger partial charge on any atom is 0.170 e. The first-order valence-corrected chi connectivity index (χ1v) is 12.0. The van der Waals surface area contributed by atoms with Gasteiger partial charge in [0, 0.05) is 33.6 Å². The van der Waals surface area contributed by atoms with Crippen molar-refractivity contribution < 1.29 is 9.53 Å². The van der Waals surface area contributed by atoms with Crippen molar-refractivity contribution in [3.05, 3.63) is 70.1 Å². The summed E-state index contributed by atoms with van der Waals surface area (Å²) in [6.45, 7) is 8.73. The molecular weight excluding hydrogens is 434 g/mol. The molecule has 0 bridgehead atoms. The zero-order valence-corrected chi connectivity index (χ0v) is 20.4. The van der Waals surface area contributed by atoms with E-state index < -0.39 is 0 Å². The monoisotopic (exact) mass is 463 g/mol. The maximum absolute atomic E-state index is 13.7. The molecule has 0 saturated heterocycles. The Labute approximate surface area is 200 Å². The molecule has 1 aliphatic heterocycles. The minimum atomic E-state index is -0.257. The smallest absolute Gasteiger partial charge is 0.170 e. The topological polar surface area (TPSA) is 67.9 Å². The molecule has 1 aliphatic rings. The molecule has 33 heavy (non-hydrogen) atoms. The molecule has 6 heteroatoms. The quantitative estimate of drug-likeness (QED) is 0.410. The van der Waals surface area contributed by atoms with Gasteiger partial charge in [-0.05, 0) is 67.5 Å². The van der Waals surface area contributed by atoms with Gasteiger partial charge in [-0.2, -0.15) is 5.10 Å². The summed E-state index contributed by atoms with van der Waals surface area (Å²) in [4.78, 5) is 18.4. The number of H-pyrrole nitrogens is 1. The zero-order chi connectivity index (χ0) is 23.5. The number of hydrogen-bond acceptors (Lipinski definition) is 4. The van der Waals surface area contributed by atoms with Crippen LogP contribution in [0.2, 0.25) is 5.02 Å². The number of pyridine rings is 1. The molecule has 0 radical (unpaired) electrons. The van der Waals surface area contributed by atoms with Crippen molar-refractivity contribution in [1.82, 2.24) is 15.2 Å². The summed E-state index contributed by atoms with van der Waals surface area (Å²) in [7, 11) is 0. The van der Waals surface area contributed by atoms with Crippen LogP contribution in [0.1, 0.15) is 62.4 Å². The number of aromatic amines is 1. The van der Waals surface area contributed by atoms with Gasteiger partial charge in [-0.3, -0.25) is 14.9 Å². The first-order chi connectivity index (χ1) is 16.0. The number of allylic oxidation sites excluding steroid dienone is 2. The summed E-state index contributed by atoms with van der Waals surface area (Å²) >= 11 is 6.17. The second-order valence-electron chi connectivity index (χ2n) is 8.61. The zero-order valence-electron chi connectivity index (χ0n) is 19.6. The molecule has 0 fully saturated rings. The number of rotatable bonds is 7. The third kappa shape index (κ3) is 4.60. The fraction of sp³-hybridized carbons (Fsp3) is 0.370. The third-order valence-corrected chi connectivity index (χ3v) is 6.81. The van der Waals surface area contributed by atoms with Gasteiger partial charge >= 0.3 is 0 Å².